The predicted molar refractivity (Wildman–Crippen MR) is 144 cm³/mol. The number of rotatable bonds is 6. The van der Waals surface area contributed by atoms with Crippen LogP contribution in [0, 0.1) is 5.92 Å². The summed E-state index contributed by atoms with van der Waals surface area (Å²) in [5.41, 5.74) is 4.95. The Morgan fingerprint density at radius 2 is 1.80 bits per heavy atom. The van der Waals surface area contributed by atoms with Crippen LogP contribution in [0.1, 0.15) is 83.9 Å². The summed E-state index contributed by atoms with van der Waals surface area (Å²) in [6.45, 7) is 15.6. The molecule has 4 rings (SSSR count). The van der Waals surface area contributed by atoms with Gasteiger partial charge >= 0.3 is 0 Å². The molecule has 184 valence electrons. The lowest BCUT2D eigenvalue weighted by molar-refractivity contribution is 0.407. The van der Waals surface area contributed by atoms with Crippen molar-refractivity contribution in [2.24, 2.45) is 10.9 Å². The molecule has 7 heteroatoms. The van der Waals surface area contributed by atoms with E-state index in [1.807, 2.05) is 6.21 Å². The van der Waals surface area contributed by atoms with Crippen LogP contribution in [-0.4, -0.2) is 32.3 Å². The Bertz CT molecular complexity index is 1350. The summed E-state index contributed by atoms with van der Waals surface area (Å²) in [5.74, 6) is 0.780. The SMILES string of the molecule is CC(C)[C@H](C)n1c(=O)ccc2cnc(N[C@@H](C)c3ccc(C4=CCN=CC4)c(C(C)(C)C)n3)nc21. The first kappa shape index (κ1) is 24.8. The highest BCUT2D eigenvalue weighted by molar-refractivity contribution is 5.82. The zero-order valence-electron chi connectivity index (χ0n) is 21.8. The molecule has 0 radical (unpaired) electrons. The van der Waals surface area contributed by atoms with Crippen molar-refractivity contribution in [3.05, 3.63) is 63.8 Å². The van der Waals surface area contributed by atoms with Gasteiger partial charge < -0.3 is 5.32 Å². The fraction of sp³-hybridized carbons (Fsp3) is 0.464. The Balaban J connectivity index is 1.68. The average Bonchev–Trinajstić information content (AvgIpc) is 2.83. The summed E-state index contributed by atoms with van der Waals surface area (Å²) in [4.78, 5) is 31.4. The number of dihydropyridines is 1. The first-order valence-electron chi connectivity index (χ1n) is 12.4. The minimum absolute atomic E-state index is 0.0223. The molecule has 1 N–H and O–H groups in total. The molecule has 0 saturated carbocycles. The molecule has 1 aliphatic heterocycles. The molecule has 1 aliphatic rings. The molecule has 0 aliphatic carbocycles. The van der Waals surface area contributed by atoms with Crippen molar-refractivity contribution in [3.8, 4) is 0 Å². The van der Waals surface area contributed by atoms with E-state index in [1.165, 1.54) is 11.1 Å². The van der Waals surface area contributed by atoms with Crippen LogP contribution in [0.15, 0.2) is 46.3 Å². The van der Waals surface area contributed by atoms with Gasteiger partial charge in [-0.3, -0.25) is 19.3 Å². The fourth-order valence-corrected chi connectivity index (χ4v) is 4.32. The van der Waals surface area contributed by atoms with Gasteiger partial charge in [-0.15, -0.1) is 0 Å². The number of allylic oxidation sites excluding steroid dienone is 1. The highest BCUT2D eigenvalue weighted by Crippen LogP contribution is 2.32. The Morgan fingerprint density at radius 1 is 1.03 bits per heavy atom. The van der Waals surface area contributed by atoms with Gasteiger partial charge in [0.15, 0.2) is 0 Å². The van der Waals surface area contributed by atoms with Gasteiger partial charge in [-0.25, -0.2) is 4.98 Å². The van der Waals surface area contributed by atoms with Crippen molar-refractivity contribution in [3.63, 3.8) is 0 Å². The second-order valence-electron chi connectivity index (χ2n) is 10.7. The molecule has 0 aromatic carbocycles. The molecule has 2 atom stereocenters. The standard InChI is InChI=1S/C28H36N6O/c1-17(2)19(4)34-24(35)11-8-21-16-30-27(33-26(21)34)31-18(3)23-10-9-22(20-12-14-29-15-13-20)25(32-23)28(5,6)7/h8-12,15-19H,13-14H2,1-7H3,(H,30,31,33)/t18-,19-/m0/s1. The van der Waals surface area contributed by atoms with Crippen LogP contribution in [-0.2, 0) is 5.41 Å². The van der Waals surface area contributed by atoms with Gasteiger partial charge in [0.2, 0.25) is 5.95 Å². The van der Waals surface area contributed by atoms with E-state index in [0.717, 1.165) is 29.7 Å². The van der Waals surface area contributed by atoms with E-state index in [0.29, 0.717) is 17.5 Å². The molecule has 0 unspecified atom stereocenters. The Hall–Kier alpha value is -3.35. The van der Waals surface area contributed by atoms with Crippen LogP contribution < -0.4 is 10.9 Å². The summed E-state index contributed by atoms with van der Waals surface area (Å²) in [6.07, 6.45) is 6.78. The molecule has 0 bridgehead atoms. The summed E-state index contributed by atoms with van der Waals surface area (Å²) in [6, 6.07) is 7.54. The second-order valence-corrected chi connectivity index (χ2v) is 10.7. The predicted octanol–water partition coefficient (Wildman–Crippen LogP) is 5.73. The summed E-state index contributed by atoms with van der Waals surface area (Å²) in [7, 11) is 0. The largest absolute Gasteiger partial charge is 0.346 e. The van der Waals surface area contributed by atoms with Crippen molar-refractivity contribution in [1.29, 1.82) is 0 Å². The summed E-state index contributed by atoms with van der Waals surface area (Å²) in [5, 5.41) is 4.25. The number of pyridine rings is 2. The number of hydrogen-bond acceptors (Lipinski definition) is 6. The van der Waals surface area contributed by atoms with E-state index in [9.17, 15) is 4.79 Å². The Morgan fingerprint density at radius 3 is 2.46 bits per heavy atom. The third-order valence-electron chi connectivity index (χ3n) is 6.68. The third kappa shape index (κ3) is 5.19. The topological polar surface area (TPSA) is 85.1 Å². The van der Waals surface area contributed by atoms with Gasteiger partial charge in [0, 0.05) is 41.7 Å². The number of fused-ring (bicyclic) bond motifs is 1. The van der Waals surface area contributed by atoms with E-state index in [4.69, 9.17) is 9.97 Å². The van der Waals surface area contributed by atoms with Gasteiger partial charge in [-0.05, 0) is 43.0 Å². The average molecular weight is 473 g/mol. The van der Waals surface area contributed by atoms with Gasteiger partial charge in [0.25, 0.3) is 5.56 Å². The normalized spacial score (nSPS) is 15.8. The van der Waals surface area contributed by atoms with Crippen molar-refractivity contribution in [1.82, 2.24) is 19.5 Å². The fourth-order valence-electron chi connectivity index (χ4n) is 4.32. The molecule has 0 fully saturated rings. The van der Waals surface area contributed by atoms with E-state index < -0.39 is 0 Å². The van der Waals surface area contributed by atoms with Gasteiger partial charge in [0.05, 0.1) is 24.0 Å². The molecule has 3 aromatic heterocycles. The molecular weight excluding hydrogens is 436 g/mol. The highest BCUT2D eigenvalue weighted by Gasteiger charge is 2.24. The van der Waals surface area contributed by atoms with Gasteiger partial charge in [-0.2, -0.15) is 4.98 Å². The zero-order valence-corrected chi connectivity index (χ0v) is 21.8. The van der Waals surface area contributed by atoms with Crippen LogP contribution in [0.5, 0.6) is 0 Å². The van der Waals surface area contributed by atoms with Gasteiger partial charge in [0.1, 0.15) is 5.65 Å². The van der Waals surface area contributed by atoms with Crippen LogP contribution in [0.3, 0.4) is 0 Å². The van der Waals surface area contributed by atoms with E-state index in [2.05, 4.69) is 82.0 Å². The summed E-state index contributed by atoms with van der Waals surface area (Å²) >= 11 is 0. The first-order valence-corrected chi connectivity index (χ1v) is 12.4. The first-order chi connectivity index (χ1) is 16.6. The number of nitrogens with zero attached hydrogens (tertiary/aromatic N) is 5. The lowest BCUT2D eigenvalue weighted by Crippen LogP contribution is -2.26. The smallest absolute Gasteiger partial charge is 0.252 e. The van der Waals surface area contributed by atoms with Crippen LogP contribution in [0.2, 0.25) is 0 Å². The number of anilines is 1. The quantitative estimate of drug-likeness (QED) is 0.495. The molecular formula is C28H36N6O. The van der Waals surface area contributed by atoms with E-state index in [-0.39, 0.29) is 23.1 Å². The van der Waals surface area contributed by atoms with Crippen LogP contribution in [0.4, 0.5) is 5.95 Å². The molecule has 0 spiro atoms. The van der Waals surface area contributed by atoms with Crippen LogP contribution >= 0.6 is 0 Å². The van der Waals surface area contributed by atoms with Crippen molar-refractivity contribution >= 4 is 28.8 Å². The number of nitrogens with one attached hydrogen (secondary N) is 1. The zero-order chi connectivity index (χ0) is 25.3. The summed E-state index contributed by atoms with van der Waals surface area (Å²) < 4.78 is 1.77. The van der Waals surface area contributed by atoms with E-state index in [1.54, 1.807) is 22.9 Å². The van der Waals surface area contributed by atoms with E-state index >= 15 is 0 Å². The van der Waals surface area contributed by atoms with Gasteiger partial charge in [-0.1, -0.05) is 46.8 Å². The molecule has 3 aromatic rings. The lowest BCUT2D eigenvalue weighted by atomic mass is 9.84. The van der Waals surface area contributed by atoms with Crippen molar-refractivity contribution in [2.45, 2.75) is 72.4 Å². The third-order valence-corrected chi connectivity index (χ3v) is 6.68. The minimum atomic E-state index is -0.115. The Labute approximate surface area is 207 Å². The number of aromatic nitrogens is 4. The molecule has 0 amide bonds. The Kier molecular flexibility index (Phi) is 6.88. The highest BCUT2D eigenvalue weighted by atomic mass is 16.1. The second kappa shape index (κ2) is 9.72. The van der Waals surface area contributed by atoms with Crippen LogP contribution in [0.25, 0.3) is 16.6 Å². The lowest BCUT2D eigenvalue weighted by Gasteiger charge is -2.25. The minimum Gasteiger partial charge on any atom is -0.346 e. The maximum absolute atomic E-state index is 12.7. The maximum atomic E-state index is 12.7. The molecule has 0 saturated heterocycles. The molecule has 7 nitrogen and oxygen atoms in total. The molecule has 35 heavy (non-hydrogen) atoms. The maximum Gasteiger partial charge on any atom is 0.252 e. The number of hydrogen-bond donors (Lipinski definition) is 1. The van der Waals surface area contributed by atoms with Crippen molar-refractivity contribution < 1.29 is 0 Å². The monoisotopic (exact) mass is 472 g/mol. The molecule has 4 heterocycles. The number of aliphatic imine (C=N–C) groups is 1. The van der Waals surface area contributed by atoms with Crippen molar-refractivity contribution in [2.75, 3.05) is 11.9 Å².